The third-order valence-electron chi connectivity index (χ3n) is 12.8. The molecule has 1 unspecified atom stereocenters. The molecule has 342 valence electrons. The maximum Gasteiger partial charge on any atom is 0.255 e. The van der Waals surface area contributed by atoms with Gasteiger partial charge in [-0.2, -0.15) is 4.98 Å². The van der Waals surface area contributed by atoms with E-state index in [-0.39, 0.29) is 24.8 Å². The highest BCUT2D eigenvalue weighted by Crippen LogP contribution is 2.39. The number of rotatable bonds is 14. The summed E-state index contributed by atoms with van der Waals surface area (Å²) in [6, 6.07) is 17.0. The number of nitrogens with one attached hydrogen (secondary N) is 3. The first-order valence-corrected chi connectivity index (χ1v) is 25.8. The smallest absolute Gasteiger partial charge is 0.255 e. The van der Waals surface area contributed by atoms with Crippen LogP contribution in [0, 0.1) is 11.8 Å². The van der Waals surface area contributed by atoms with Crippen LogP contribution in [-0.4, -0.2) is 121 Å². The summed E-state index contributed by atoms with van der Waals surface area (Å²) in [5.74, 6) is 7.01. The summed E-state index contributed by atoms with van der Waals surface area (Å²) in [6.07, 6.45) is 8.26. The van der Waals surface area contributed by atoms with Crippen LogP contribution in [0.5, 0.6) is 5.75 Å². The number of anilines is 5. The zero-order chi connectivity index (χ0) is 45.7. The fourth-order valence-electron chi connectivity index (χ4n) is 9.25. The third-order valence-corrected chi connectivity index (χ3v) is 14.8. The molecule has 3 N–H and O–H groups in total. The zero-order valence-corrected chi connectivity index (χ0v) is 39.6. The second kappa shape index (κ2) is 20.6. The Labute approximate surface area is 391 Å². The van der Waals surface area contributed by atoms with Gasteiger partial charge in [0, 0.05) is 97.9 Å². The molecule has 0 aliphatic carbocycles. The maximum atomic E-state index is 13.2. The van der Waals surface area contributed by atoms with Crippen molar-refractivity contribution in [3.05, 3.63) is 87.5 Å². The van der Waals surface area contributed by atoms with Crippen LogP contribution in [0.3, 0.4) is 0 Å². The predicted molar refractivity (Wildman–Crippen MR) is 258 cm³/mol. The number of ether oxygens (including phenoxy) is 1. The highest BCUT2D eigenvalue weighted by Gasteiger charge is 2.40. The van der Waals surface area contributed by atoms with E-state index in [1.165, 1.54) is 11.1 Å². The summed E-state index contributed by atoms with van der Waals surface area (Å²) in [5, 5.41) is 10.4. The van der Waals surface area contributed by atoms with Gasteiger partial charge in [0.1, 0.15) is 24.0 Å². The van der Waals surface area contributed by atoms with Crippen LogP contribution in [-0.2, 0) is 20.7 Å². The molecule has 3 aromatic carbocycles. The Morgan fingerprint density at radius 3 is 2.45 bits per heavy atom. The molecule has 4 aromatic rings. The van der Waals surface area contributed by atoms with E-state index in [0.29, 0.717) is 51.3 Å². The molecule has 4 aliphatic heterocycles. The number of benzene rings is 3. The Kier molecular flexibility index (Phi) is 14.7. The number of carbonyl (C=O) groups excluding carboxylic acids is 3. The summed E-state index contributed by atoms with van der Waals surface area (Å²) < 4.78 is 18.7. The number of piperazine rings is 1. The molecule has 5 heterocycles. The minimum Gasteiger partial charge on any atom is -0.494 e. The Hall–Kier alpha value is -5.16. The molecule has 0 radical (unpaired) electrons. The number of carbonyl (C=O) groups is 3. The van der Waals surface area contributed by atoms with E-state index >= 15 is 0 Å². The molecule has 3 saturated heterocycles. The van der Waals surface area contributed by atoms with E-state index < -0.39 is 19.1 Å². The molecule has 8 rings (SSSR count). The van der Waals surface area contributed by atoms with Gasteiger partial charge in [0.2, 0.25) is 17.8 Å². The number of para-hydroxylation sites is 1. The van der Waals surface area contributed by atoms with Gasteiger partial charge in [0.25, 0.3) is 5.91 Å². The summed E-state index contributed by atoms with van der Waals surface area (Å²) in [6.45, 7) is 11.1. The van der Waals surface area contributed by atoms with Crippen molar-refractivity contribution in [2.75, 3.05) is 81.8 Å². The minimum atomic E-state index is -2.55. The van der Waals surface area contributed by atoms with Crippen molar-refractivity contribution in [1.82, 2.24) is 30.0 Å². The first kappa shape index (κ1) is 46.4. The first-order chi connectivity index (χ1) is 31.3. The minimum absolute atomic E-state index is 0.212. The van der Waals surface area contributed by atoms with Gasteiger partial charge in [-0.15, -0.1) is 0 Å². The Balaban J connectivity index is 0.753. The van der Waals surface area contributed by atoms with Crippen LogP contribution >= 0.6 is 30.3 Å². The standard InChI is InChI=1S/C48H56Cl2N9O5P/c1-64-42-29-35(14-15-39(42)53-48-51-30-38(50)45(55-48)52-40-12-8-9-13-43(40)65(2,3)63)57-21-18-34(19-22-57)58-25-23-56(24-26-58)20-10-6-4-5-7-11-32-27-33(49)28-36-37(32)31-59(47(36)62)41-16-17-44(60)54-46(41)61/h8-9,12-15,27-30,34,41H,4-6,10,16-26,31H2,1-3H3,(H,54,60,61)(H2,51,52,53,55). The summed E-state index contributed by atoms with van der Waals surface area (Å²) >= 11 is 12.9. The van der Waals surface area contributed by atoms with E-state index in [1.807, 2.05) is 30.3 Å². The van der Waals surface area contributed by atoms with Gasteiger partial charge in [-0.25, -0.2) is 4.98 Å². The van der Waals surface area contributed by atoms with Crippen molar-refractivity contribution in [3.63, 3.8) is 0 Å². The molecule has 0 bridgehead atoms. The number of amides is 3. The van der Waals surface area contributed by atoms with E-state index in [9.17, 15) is 18.9 Å². The van der Waals surface area contributed by atoms with Crippen LogP contribution in [0.25, 0.3) is 0 Å². The first-order valence-electron chi connectivity index (χ1n) is 22.4. The maximum absolute atomic E-state index is 13.2. The number of unbranched alkanes of at least 4 members (excludes halogenated alkanes) is 3. The van der Waals surface area contributed by atoms with Crippen LogP contribution in [0.2, 0.25) is 10.0 Å². The van der Waals surface area contributed by atoms with Crippen molar-refractivity contribution >= 4 is 82.2 Å². The number of methoxy groups -OCH3 is 1. The second-order valence-electron chi connectivity index (χ2n) is 17.5. The van der Waals surface area contributed by atoms with Crippen molar-refractivity contribution in [2.24, 2.45) is 0 Å². The number of fused-ring (bicyclic) bond motifs is 1. The summed E-state index contributed by atoms with van der Waals surface area (Å²) in [7, 11) is -0.886. The van der Waals surface area contributed by atoms with E-state index in [4.69, 9.17) is 27.9 Å². The van der Waals surface area contributed by atoms with Gasteiger partial charge in [0.05, 0.1) is 24.7 Å². The molecule has 3 fully saturated rings. The molecular weight excluding hydrogens is 884 g/mol. The van der Waals surface area contributed by atoms with E-state index in [1.54, 1.807) is 32.6 Å². The number of imide groups is 1. The van der Waals surface area contributed by atoms with Gasteiger partial charge in [-0.3, -0.25) is 24.6 Å². The normalized spacial score (nSPS) is 18.5. The largest absolute Gasteiger partial charge is 0.494 e. The zero-order valence-electron chi connectivity index (χ0n) is 37.2. The van der Waals surface area contributed by atoms with Gasteiger partial charge < -0.3 is 34.6 Å². The van der Waals surface area contributed by atoms with Crippen LogP contribution in [0.4, 0.5) is 28.8 Å². The molecule has 0 saturated carbocycles. The predicted octanol–water partition coefficient (Wildman–Crippen LogP) is 7.49. The lowest BCUT2D eigenvalue weighted by Gasteiger charge is -2.43. The number of hydrogen-bond acceptors (Lipinski definition) is 12. The molecule has 1 aromatic heterocycles. The van der Waals surface area contributed by atoms with Gasteiger partial charge in [0.15, 0.2) is 5.82 Å². The molecule has 4 aliphatic rings. The van der Waals surface area contributed by atoms with E-state index in [2.05, 4.69) is 64.6 Å². The number of halogens is 2. The summed E-state index contributed by atoms with van der Waals surface area (Å²) in [4.78, 5) is 55.6. The lowest BCUT2D eigenvalue weighted by atomic mass is 10.0. The number of piperidine rings is 2. The SMILES string of the molecule is COc1cc(N2CCC(N3CCN(CCCCCC#Cc4cc(Cl)cc5c4CN(C4CCC(=O)NC4=O)C5=O)CC3)CC2)ccc1Nc1ncc(Cl)c(Nc2ccccc2P(C)(C)=O)n1. The Bertz CT molecular complexity index is 2550. The molecule has 17 heteroatoms. The number of aromatic nitrogens is 2. The Morgan fingerprint density at radius 2 is 1.69 bits per heavy atom. The highest BCUT2D eigenvalue weighted by molar-refractivity contribution is 7.70. The average molecular weight is 941 g/mol. The summed E-state index contributed by atoms with van der Waals surface area (Å²) in [5.41, 5.74) is 4.54. The van der Waals surface area contributed by atoms with Gasteiger partial charge in [-0.1, -0.05) is 53.6 Å². The van der Waals surface area contributed by atoms with Gasteiger partial charge in [-0.05, 0) is 93.9 Å². The van der Waals surface area contributed by atoms with Crippen molar-refractivity contribution in [3.8, 4) is 17.6 Å². The van der Waals surface area contributed by atoms with Crippen LogP contribution in [0.15, 0.2) is 60.8 Å². The van der Waals surface area contributed by atoms with Crippen LogP contribution < -0.4 is 30.9 Å². The van der Waals surface area contributed by atoms with Gasteiger partial charge >= 0.3 is 0 Å². The average Bonchev–Trinajstić information content (AvgIpc) is 3.62. The third kappa shape index (κ3) is 11.1. The lowest BCUT2D eigenvalue weighted by molar-refractivity contribution is -0.136. The molecule has 14 nitrogen and oxygen atoms in total. The Morgan fingerprint density at radius 1 is 0.908 bits per heavy atom. The molecular formula is C48H56Cl2N9O5P. The number of hydrogen-bond donors (Lipinski definition) is 3. The van der Waals surface area contributed by atoms with Crippen molar-refractivity contribution in [2.45, 2.75) is 70.0 Å². The number of nitrogens with zero attached hydrogens (tertiary/aromatic N) is 6. The molecule has 65 heavy (non-hydrogen) atoms. The van der Waals surface area contributed by atoms with E-state index in [0.717, 1.165) is 112 Å². The second-order valence-corrected chi connectivity index (χ2v) is 21.5. The monoisotopic (exact) mass is 939 g/mol. The van der Waals surface area contributed by atoms with Crippen molar-refractivity contribution in [1.29, 1.82) is 0 Å². The molecule has 3 amide bonds. The molecule has 1 atom stereocenters. The van der Waals surface area contributed by atoms with Crippen molar-refractivity contribution < 1.29 is 23.7 Å². The van der Waals surface area contributed by atoms with Crippen LogP contribution in [0.1, 0.15) is 72.9 Å². The highest BCUT2D eigenvalue weighted by atomic mass is 35.5. The quantitative estimate of drug-likeness (QED) is 0.0498. The topological polar surface area (TPSA) is 152 Å². The fraction of sp³-hybridized carbons (Fsp3) is 0.438. The fourth-order valence-corrected chi connectivity index (χ4v) is 10.8. The molecule has 0 spiro atoms. The lowest BCUT2D eigenvalue weighted by Crippen LogP contribution is -2.53.